The van der Waals surface area contributed by atoms with Gasteiger partial charge in [-0.2, -0.15) is 0 Å². The van der Waals surface area contributed by atoms with Crippen molar-refractivity contribution >= 4 is 38.6 Å². The Labute approximate surface area is 292 Å². The first-order valence-electron chi connectivity index (χ1n) is 16.8. The number of aryl methyl sites for hydroxylation is 1. The number of hydrogen-bond acceptors (Lipinski definition) is 6. The van der Waals surface area contributed by atoms with Crippen LogP contribution in [0.5, 0.6) is 11.5 Å². The highest BCUT2D eigenvalue weighted by atomic mass is 79.9. The highest BCUT2D eigenvalue weighted by Crippen LogP contribution is 2.36. The number of halogens is 1. The topological polar surface area (TPSA) is 85.4 Å². The first-order chi connectivity index (χ1) is 23.4. The molecular formula is C40H45BrN4O3. The Morgan fingerprint density at radius 2 is 1.46 bits per heavy atom. The minimum Gasteiger partial charge on any atom is -0.493 e. The van der Waals surface area contributed by atoms with Crippen LogP contribution in [0.2, 0.25) is 0 Å². The number of carbonyl (C=O) groups excluding carboxylic acids is 1. The molecule has 0 radical (unpaired) electrons. The van der Waals surface area contributed by atoms with Crippen LogP contribution in [0.1, 0.15) is 79.9 Å². The fourth-order valence-electron chi connectivity index (χ4n) is 5.92. The molecule has 8 heteroatoms. The number of benzene rings is 4. The Morgan fingerprint density at radius 3 is 2.15 bits per heavy atom. The van der Waals surface area contributed by atoms with Gasteiger partial charge in [0.15, 0.2) is 11.5 Å². The van der Waals surface area contributed by atoms with Gasteiger partial charge in [0.25, 0.3) is 0 Å². The SMILES string of the molecule is COc1cc2c(N[C@H](C)c3cccc(Br)c3)nc(C)nc2cc1OCCCCCCCNC(=O)CC(c1ccccc1)c1ccccc1. The van der Waals surface area contributed by atoms with Crippen LogP contribution in [0.4, 0.5) is 5.82 Å². The lowest BCUT2D eigenvalue weighted by Gasteiger charge is -2.18. The zero-order valence-corrected chi connectivity index (χ0v) is 29.6. The smallest absolute Gasteiger partial charge is 0.220 e. The van der Waals surface area contributed by atoms with Gasteiger partial charge in [-0.15, -0.1) is 0 Å². The molecule has 0 saturated heterocycles. The van der Waals surface area contributed by atoms with E-state index in [1.165, 1.54) is 0 Å². The van der Waals surface area contributed by atoms with Crippen molar-refractivity contribution in [3.8, 4) is 11.5 Å². The minimum absolute atomic E-state index is 0.0461. The first-order valence-corrected chi connectivity index (χ1v) is 17.6. The third-order valence-electron chi connectivity index (χ3n) is 8.49. The quantitative estimate of drug-likeness (QED) is 0.0936. The van der Waals surface area contributed by atoms with Gasteiger partial charge in [0.05, 0.1) is 25.3 Å². The maximum atomic E-state index is 12.8. The molecule has 5 rings (SSSR count). The lowest BCUT2D eigenvalue weighted by molar-refractivity contribution is -0.121. The van der Waals surface area contributed by atoms with Crippen LogP contribution in [0.3, 0.4) is 0 Å². The summed E-state index contributed by atoms with van der Waals surface area (Å²) in [7, 11) is 1.66. The van der Waals surface area contributed by atoms with Crippen LogP contribution >= 0.6 is 15.9 Å². The molecule has 2 N–H and O–H groups in total. The highest BCUT2D eigenvalue weighted by molar-refractivity contribution is 9.10. The maximum absolute atomic E-state index is 12.8. The van der Waals surface area contributed by atoms with E-state index >= 15 is 0 Å². The molecule has 7 nitrogen and oxygen atoms in total. The van der Waals surface area contributed by atoms with E-state index in [1.807, 2.05) is 67.6 Å². The van der Waals surface area contributed by atoms with Gasteiger partial charge in [0.2, 0.25) is 5.91 Å². The van der Waals surface area contributed by atoms with E-state index in [0.29, 0.717) is 36.9 Å². The van der Waals surface area contributed by atoms with Crippen LogP contribution in [0.15, 0.2) is 102 Å². The summed E-state index contributed by atoms with van der Waals surface area (Å²) in [6, 6.07) is 32.7. The van der Waals surface area contributed by atoms with Crippen LogP contribution in [0, 0.1) is 6.92 Å². The van der Waals surface area contributed by atoms with Crippen molar-refractivity contribution in [2.24, 2.45) is 0 Å². The first kappa shape index (κ1) is 34.9. The molecule has 0 aliphatic carbocycles. The van der Waals surface area contributed by atoms with Gasteiger partial charge >= 0.3 is 0 Å². The molecule has 0 spiro atoms. The van der Waals surface area contributed by atoms with E-state index in [4.69, 9.17) is 14.5 Å². The average Bonchev–Trinajstić information content (AvgIpc) is 3.10. The second-order valence-electron chi connectivity index (χ2n) is 12.1. The van der Waals surface area contributed by atoms with E-state index in [9.17, 15) is 4.79 Å². The van der Waals surface area contributed by atoms with E-state index in [1.54, 1.807) is 7.11 Å². The molecule has 0 aliphatic rings. The fourth-order valence-corrected chi connectivity index (χ4v) is 6.34. The van der Waals surface area contributed by atoms with E-state index in [0.717, 1.165) is 70.0 Å². The molecule has 0 aliphatic heterocycles. The van der Waals surface area contributed by atoms with Crippen LogP contribution in [-0.2, 0) is 4.79 Å². The van der Waals surface area contributed by atoms with Crippen molar-refractivity contribution in [2.45, 2.75) is 64.3 Å². The second-order valence-corrected chi connectivity index (χ2v) is 13.0. The summed E-state index contributed by atoms with van der Waals surface area (Å²) in [4.78, 5) is 22.2. The molecule has 1 heterocycles. The summed E-state index contributed by atoms with van der Waals surface area (Å²) in [6.07, 6.45) is 5.53. The normalized spacial score (nSPS) is 11.8. The molecule has 0 fully saturated rings. The minimum atomic E-state index is 0.0461. The van der Waals surface area contributed by atoms with E-state index in [-0.39, 0.29) is 17.9 Å². The zero-order chi connectivity index (χ0) is 33.7. The summed E-state index contributed by atoms with van der Waals surface area (Å²) < 4.78 is 12.9. The van der Waals surface area contributed by atoms with Gasteiger partial charge in [-0.25, -0.2) is 9.97 Å². The van der Waals surface area contributed by atoms with Gasteiger partial charge in [-0.3, -0.25) is 4.79 Å². The predicted octanol–water partition coefficient (Wildman–Crippen LogP) is 9.55. The number of amides is 1. The predicted molar refractivity (Wildman–Crippen MR) is 198 cm³/mol. The number of rotatable bonds is 17. The summed E-state index contributed by atoms with van der Waals surface area (Å²) in [5.41, 5.74) is 4.29. The average molecular weight is 710 g/mol. The third-order valence-corrected chi connectivity index (χ3v) is 8.98. The Balaban J connectivity index is 1.05. The lowest BCUT2D eigenvalue weighted by atomic mass is 9.88. The van der Waals surface area contributed by atoms with E-state index < -0.39 is 0 Å². The number of carbonyl (C=O) groups is 1. The molecule has 4 aromatic carbocycles. The van der Waals surface area contributed by atoms with Crippen molar-refractivity contribution in [1.29, 1.82) is 0 Å². The number of hydrogen-bond donors (Lipinski definition) is 2. The molecule has 1 amide bonds. The number of ether oxygens (including phenoxy) is 2. The van der Waals surface area contributed by atoms with Gasteiger partial charge in [-0.05, 0) is 61.6 Å². The summed E-state index contributed by atoms with van der Waals surface area (Å²) >= 11 is 3.56. The number of methoxy groups -OCH3 is 1. The lowest BCUT2D eigenvalue weighted by Crippen LogP contribution is -2.26. The number of aromatic nitrogens is 2. The van der Waals surface area contributed by atoms with Crippen LogP contribution < -0.4 is 20.1 Å². The zero-order valence-electron chi connectivity index (χ0n) is 28.0. The largest absolute Gasteiger partial charge is 0.493 e. The van der Waals surface area contributed by atoms with Gasteiger partial charge in [0, 0.05) is 34.8 Å². The van der Waals surface area contributed by atoms with Crippen molar-refractivity contribution in [2.75, 3.05) is 25.6 Å². The molecule has 0 saturated carbocycles. The number of fused-ring (bicyclic) bond motifs is 1. The summed E-state index contributed by atoms with van der Waals surface area (Å²) in [6.45, 7) is 5.30. The van der Waals surface area contributed by atoms with Crippen molar-refractivity contribution in [3.05, 3.63) is 124 Å². The van der Waals surface area contributed by atoms with Gasteiger partial charge in [-0.1, -0.05) is 108 Å². The Bertz CT molecular complexity index is 1730. The monoisotopic (exact) mass is 708 g/mol. The Morgan fingerprint density at radius 1 is 0.792 bits per heavy atom. The maximum Gasteiger partial charge on any atom is 0.220 e. The number of anilines is 1. The number of unbranched alkanes of at least 4 members (excludes halogenated alkanes) is 4. The Hall–Kier alpha value is -4.43. The Kier molecular flexibility index (Phi) is 12.8. The van der Waals surface area contributed by atoms with Crippen molar-refractivity contribution in [1.82, 2.24) is 15.3 Å². The highest BCUT2D eigenvalue weighted by Gasteiger charge is 2.18. The summed E-state index contributed by atoms with van der Waals surface area (Å²) in [5, 5.41) is 7.58. The number of nitrogens with zero attached hydrogens (tertiary/aromatic N) is 2. The van der Waals surface area contributed by atoms with Gasteiger partial charge < -0.3 is 20.1 Å². The molecule has 1 aromatic heterocycles. The molecule has 48 heavy (non-hydrogen) atoms. The van der Waals surface area contributed by atoms with Crippen LogP contribution in [-0.4, -0.2) is 36.1 Å². The molecule has 1 atom stereocenters. The third kappa shape index (κ3) is 9.80. The number of nitrogens with one attached hydrogen (secondary N) is 2. The van der Waals surface area contributed by atoms with Crippen molar-refractivity contribution in [3.63, 3.8) is 0 Å². The van der Waals surface area contributed by atoms with Gasteiger partial charge in [0.1, 0.15) is 11.6 Å². The fraction of sp³-hybridized carbons (Fsp3) is 0.325. The summed E-state index contributed by atoms with van der Waals surface area (Å²) in [5.74, 6) is 2.93. The van der Waals surface area contributed by atoms with Crippen LogP contribution in [0.25, 0.3) is 10.9 Å². The van der Waals surface area contributed by atoms with Crippen molar-refractivity contribution < 1.29 is 14.3 Å². The second kappa shape index (κ2) is 17.6. The molecule has 5 aromatic rings. The molecule has 250 valence electrons. The molecular weight excluding hydrogens is 664 g/mol. The molecule has 0 bridgehead atoms. The molecule has 0 unspecified atom stereocenters. The van der Waals surface area contributed by atoms with E-state index in [2.05, 4.69) is 74.9 Å². The standard InChI is InChI=1S/C40H45BrN4O3/c1-28(32-20-15-21-33(41)24-32)43-40-35-25-37(47-3)38(27-36(35)44-29(2)45-40)48-23-14-6-4-5-13-22-42-39(46)26-34(30-16-9-7-10-17-30)31-18-11-8-12-19-31/h7-12,15-21,24-25,27-28,34H,4-6,13-14,22-23,26H2,1-3H3,(H,42,46)(H,43,44,45)/t28-/m1/s1.